The molecule has 0 amide bonds. The second kappa shape index (κ2) is 6.02. The monoisotopic (exact) mass is 275 g/mol. The Hall–Kier alpha value is -1.25. The minimum Gasteiger partial charge on any atom is -0.382 e. The van der Waals surface area contributed by atoms with Crippen LogP contribution in [0.3, 0.4) is 0 Å². The maximum Gasteiger partial charge on any atom is 0.0828 e. The van der Waals surface area contributed by atoms with Crippen molar-refractivity contribution in [1.29, 1.82) is 0 Å². The van der Waals surface area contributed by atoms with Crippen LogP contribution in [0.1, 0.15) is 58.0 Å². The van der Waals surface area contributed by atoms with Gasteiger partial charge in [0.05, 0.1) is 17.1 Å². The minimum absolute atomic E-state index is 0.420. The normalized spacial score (nSPS) is 23.1. The van der Waals surface area contributed by atoms with Crippen molar-refractivity contribution in [3.05, 3.63) is 23.0 Å². The highest BCUT2D eigenvalue weighted by Gasteiger charge is 2.19. The molecule has 1 heterocycles. The number of rotatable bonds is 4. The first kappa shape index (κ1) is 15.1. The highest BCUT2D eigenvalue weighted by Crippen LogP contribution is 2.29. The van der Waals surface area contributed by atoms with Crippen LogP contribution in [0, 0.1) is 25.7 Å². The molecular formula is C17H29N3. The van der Waals surface area contributed by atoms with Gasteiger partial charge in [-0.3, -0.25) is 4.68 Å². The van der Waals surface area contributed by atoms with Crippen LogP contribution in [0.5, 0.6) is 0 Å². The second-order valence-electron chi connectivity index (χ2n) is 6.76. The SMILES string of the molecule is CC1=CC(C)CC(CNc2c(C)nn(C(C)C)c2C)C1. The third kappa shape index (κ3) is 3.25. The number of anilines is 1. The molecule has 0 bridgehead atoms. The molecule has 0 fully saturated rings. The van der Waals surface area contributed by atoms with Gasteiger partial charge in [-0.2, -0.15) is 5.10 Å². The van der Waals surface area contributed by atoms with E-state index in [4.69, 9.17) is 0 Å². The third-order valence-corrected chi connectivity index (χ3v) is 4.27. The van der Waals surface area contributed by atoms with Gasteiger partial charge in [0.15, 0.2) is 0 Å². The first-order valence-corrected chi connectivity index (χ1v) is 7.85. The fraction of sp³-hybridized carbons (Fsp3) is 0.706. The topological polar surface area (TPSA) is 29.9 Å². The lowest BCUT2D eigenvalue weighted by atomic mass is 9.83. The van der Waals surface area contributed by atoms with E-state index < -0.39 is 0 Å². The molecule has 1 aromatic heterocycles. The summed E-state index contributed by atoms with van der Waals surface area (Å²) >= 11 is 0. The van der Waals surface area contributed by atoms with E-state index in [1.807, 2.05) is 0 Å². The lowest BCUT2D eigenvalue weighted by Gasteiger charge is -2.26. The zero-order valence-electron chi connectivity index (χ0n) is 13.8. The van der Waals surface area contributed by atoms with Crippen molar-refractivity contribution in [2.75, 3.05) is 11.9 Å². The number of nitrogens with zero attached hydrogens (tertiary/aromatic N) is 2. The summed E-state index contributed by atoms with van der Waals surface area (Å²) in [6.07, 6.45) is 4.94. The zero-order valence-corrected chi connectivity index (χ0v) is 13.8. The number of allylic oxidation sites excluding steroid dienone is 2. The van der Waals surface area contributed by atoms with E-state index in [0.29, 0.717) is 6.04 Å². The van der Waals surface area contributed by atoms with E-state index in [0.717, 1.165) is 24.1 Å². The molecule has 0 spiro atoms. The van der Waals surface area contributed by atoms with Crippen LogP contribution in [0.25, 0.3) is 0 Å². The maximum atomic E-state index is 4.65. The average molecular weight is 275 g/mol. The van der Waals surface area contributed by atoms with Gasteiger partial charge in [-0.1, -0.05) is 18.6 Å². The van der Waals surface area contributed by atoms with Gasteiger partial charge >= 0.3 is 0 Å². The van der Waals surface area contributed by atoms with E-state index in [1.165, 1.54) is 24.2 Å². The Kier molecular flexibility index (Phi) is 4.56. The van der Waals surface area contributed by atoms with Crippen molar-refractivity contribution in [2.45, 2.75) is 60.4 Å². The summed E-state index contributed by atoms with van der Waals surface area (Å²) in [6, 6.07) is 0.420. The molecule has 2 atom stereocenters. The second-order valence-corrected chi connectivity index (χ2v) is 6.76. The van der Waals surface area contributed by atoms with Crippen LogP contribution in [0.4, 0.5) is 5.69 Å². The molecule has 0 radical (unpaired) electrons. The average Bonchev–Trinajstić information content (AvgIpc) is 2.61. The number of hydrogen-bond donors (Lipinski definition) is 1. The molecule has 2 unspecified atom stereocenters. The lowest BCUT2D eigenvalue weighted by Crippen LogP contribution is -2.20. The molecule has 1 N–H and O–H groups in total. The highest BCUT2D eigenvalue weighted by molar-refractivity contribution is 5.52. The Morgan fingerprint density at radius 2 is 2.05 bits per heavy atom. The van der Waals surface area contributed by atoms with Crippen LogP contribution >= 0.6 is 0 Å². The van der Waals surface area contributed by atoms with Crippen molar-refractivity contribution in [1.82, 2.24) is 9.78 Å². The van der Waals surface area contributed by atoms with E-state index in [2.05, 4.69) is 62.7 Å². The summed E-state index contributed by atoms with van der Waals surface area (Å²) in [6.45, 7) is 14.3. The van der Waals surface area contributed by atoms with Crippen molar-refractivity contribution >= 4 is 5.69 Å². The van der Waals surface area contributed by atoms with Gasteiger partial charge in [-0.25, -0.2) is 0 Å². The van der Waals surface area contributed by atoms with E-state index in [9.17, 15) is 0 Å². The van der Waals surface area contributed by atoms with Crippen LogP contribution in [0.2, 0.25) is 0 Å². The van der Waals surface area contributed by atoms with Crippen LogP contribution in [-0.4, -0.2) is 16.3 Å². The molecule has 0 aliphatic heterocycles. The van der Waals surface area contributed by atoms with Gasteiger partial charge in [-0.15, -0.1) is 0 Å². The van der Waals surface area contributed by atoms with Crippen LogP contribution in [0.15, 0.2) is 11.6 Å². The summed E-state index contributed by atoms with van der Waals surface area (Å²) in [5.74, 6) is 1.47. The summed E-state index contributed by atoms with van der Waals surface area (Å²) < 4.78 is 2.12. The first-order chi connectivity index (χ1) is 9.38. The molecule has 0 aromatic carbocycles. The van der Waals surface area contributed by atoms with Crippen molar-refractivity contribution in [3.63, 3.8) is 0 Å². The van der Waals surface area contributed by atoms with Crippen LogP contribution in [-0.2, 0) is 0 Å². The molecule has 1 aromatic rings. The predicted molar refractivity (Wildman–Crippen MR) is 86.2 cm³/mol. The molecule has 3 heteroatoms. The molecule has 1 aliphatic rings. The van der Waals surface area contributed by atoms with Crippen molar-refractivity contribution in [2.24, 2.45) is 11.8 Å². The smallest absolute Gasteiger partial charge is 0.0828 e. The molecule has 3 nitrogen and oxygen atoms in total. The Labute approximate surface area is 123 Å². The summed E-state index contributed by atoms with van der Waals surface area (Å²) in [7, 11) is 0. The Balaban J connectivity index is 2.03. The Bertz CT molecular complexity index is 497. The van der Waals surface area contributed by atoms with Gasteiger partial charge in [0.1, 0.15) is 0 Å². The Morgan fingerprint density at radius 3 is 2.60 bits per heavy atom. The molecule has 112 valence electrons. The molecular weight excluding hydrogens is 246 g/mol. The predicted octanol–water partition coefficient (Wildman–Crippen LogP) is 4.49. The third-order valence-electron chi connectivity index (χ3n) is 4.27. The lowest BCUT2D eigenvalue weighted by molar-refractivity contribution is 0.421. The molecule has 1 aliphatic carbocycles. The van der Waals surface area contributed by atoms with Gasteiger partial charge in [0.25, 0.3) is 0 Å². The van der Waals surface area contributed by atoms with E-state index in [-0.39, 0.29) is 0 Å². The van der Waals surface area contributed by atoms with E-state index >= 15 is 0 Å². The van der Waals surface area contributed by atoms with Gasteiger partial charge in [-0.05, 0) is 59.3 Å². The number of aryl methyl sites for hydroxylation is 1. The fourth-order valence-corrected chi connectivity index (χ4v) is 3.51. The molecule has 2 rings (SSSR count). The van der Waals surface area contributed by atoms with Crippen molar-refractivity contribution in [3.8, 4) is 0 Å². The summed E-state index contributed by atoms with van der Waals surface area (Å²) in [5.41, 5.74) is 5.15. The summed E-state index contributed by atoms with van der Waals surface area (Å²) in [4.78, 5) is 0. The largest absolute Gasteiger partial charge is 0.382 e. The quantitative estimate of drug-likeness (QED) is 0.821. The number of hydrogen-bond acceptors (Lipinski definition) is 2. The standard InChI is InChI=1S/C17H29N3/c1-11(2)20-15(6)17(14(5)19-20)18-10-16-8-12(3)7-13(4)9-16/h7,11-12,16,18H,8-10H2,1-6H3. The maximum absolute atomic E-state index is 4.65. The van der Waals surface area contributed by atoms with Gasteiger partial charge in [0, 0.05) is 12.6 Å². The Morgan fingerprint density at radius 1 is 1.35 bits per heavy atom. The van der Waals surface area contributed by atoms with Gasteiger partial charge in [0.2, 0.25) is 0 Å². The van der Waals surface area contributed by atoms with Crippen molar-refractivity contribution < 1.29 is 0 Å². The van der Waals surface area contributed by atoms with Gasteiger partial charge < -0.3 is 5.32 Å². The summed E-state index contributed by atoms with van der Waals surface area (Å²) in [5, 5.41) is 8.30. The number of nitrogens with one attached hydrogen (secondary N) is 1. The number of aromatic nitrogens is 2. The minimum atomic E-state index is 0.420. The molecule has 0 saturated heterocycles. The molecule has 0 saturated carbocycles. The highest BCUT2D eigenvalue weighted by atomic mass is 15.3. The molecule has 20 heavy (non-hydrogen) atoms. The zero-order chi connectivity index (χ0) is 14.9. The first-order valence-electron chi connectivity index (χ1n) is 7.85. The van der Waals surface area contributed by atoms with Crippen LogP contribution < -0.4 is 5.32 Å². The van der Waals surface area contributed by atoms with E-state index in [1.54, 1.807) is 5.57 Å². The fourth-order valence-electron chi connectivity index (χ4n) is 3.51.